The summed E-state index contributed by atoms with van der Waals surface area (Å²) in [5.74, 6) is 0.763. The quantitative estimate of drug-likeness (QED) is 0.644. The van der Waals surface area contributed by atoms with Crippen LogP contribution in [0.3, 0.4) is 0 Å². The Kier molecular flexibility index (Phi) is 5.99. The predicted molar refractivity (Wildman–Crippen MR) is 102 cm³/mol. The number of nitrogens with zero attached hydrogens (tertiary/aromatic N) is 1. The number of para-hydroxylation sites is 1. The van der Waals surface area contributed by atoms with Crippen molar-refractivity contribution in [2.75, 3.05) is 0 Å². The van der Waals surface area contributed by atoms with Crippen molar-refractivity contribution in [2.45, 2.75) is 25.8 Å². The second-order valence-electron chi connectivity index (χ2n) is 6.00. The van der Waals surface area contributed by atoms with Crippen molar-refractivity contribution in [3.63, 3.8) is 0 Å². The number of hydrogen-bond donors (Lipinski definition) is 1. The smallest absolute Gasteiger partial charge is 0.257 e. The molecule has 0 aliphatic rings. The molecule has 3 rings (SSSR count). The van der Waals surface area contributed by atoms with Gasteiger partial charge in [-0.15, -0.1) is 0 Å². The Labute approximate surface area is 153 Å². The summed E-state index contributed by atoms with van der Waals surface area (Å²) < 4.78 is 5.81. The molecule has 1 unspecified atom stereocenters. The molecular formula is C22H22N2O2. The number of aromatic nitrogens is 1. The molecule has 4 heteroatoms. The highest BCUT2D eigenvalue weighted by molar-refractivity contribution is 5.96. The number of benzene rings is 2. The number of hydrogen-bond acceptors (Lipinski definition) is 3. The minimum Gasteiger partial charge on any atom is -0.438 e. The van der Waals surface area contributed by atoms with Gasteiger partial charge in [0.15, 0.2) is 0 Å². The molecule has 0 spiro atoms. The van der Waals surface area contributed by atoms with E-state index in [-0.39, 0.29) is 11.9 Å². The molecule has 0 aliphatic heterocycles. The third-order valence-corrected chi connectivity index (χ3v) is 4.06. The normalized spacial score (nSPS) is 11.6. The van der Waals surface area contributed by atoms with E-state index in [1.165, 1.54) is 0 Å². The lowest BCUT2D eigenvalue weighted by atomic mass is 10.0. The maximum absolute atomic E-state index is 12.9. The first-order chi connectivity index (χ1) is 12.8. The third-order valence-electron chi connectivity index (χ3n) is 4.06. The van der Waals surface area contributed by atoms with Gasteiger partial charge < -0.3 is 10.1 Å². The zero-order chi connectivity index (χ0) is 18.2. The summed E-state index contributed by atoms with van der Waals surface area (Å²) in [4.78, 5) is 17.1. The van der Waals surface area contributed by atoms with E-state index in [1.54, 1.807) is 18.3 Å². The van der Waals surface area contributed by atoms with Crippen LogP contribution in [0, 0.1) is 0 Å². The van der Waals surface area contributed by atoms with Crippen molar-refractivity contribution < 1.29 is 9.53 Å². The highest BCUT2D eigenvalue weighted by Crippen LogP contribution is 2.24. The summed E-state index contributed by atoms with van der Waals surface area (Å²) in [5.41, 5.74) is 1.52. The second-order valence-corrected chi connectivity index (χ2v) is 6.00. The lowest BCUT2D eigenvalue weighted by molar-refractivity contribution is 0.0931. The number of amides is 1. The molecule has 0 aliphatic carbocycles. The van der Waals surface area contributed by atoms with Crippen molar-refractivity contribution in [1.82, 2.24) is 10.3 Å². The molecule has 132 valence electrons. The van der Waals surface area contributed by atoms with Crippen LogP contribution in [0.2, 0.25) is 0 Å². The zero-order valence-corrected chi connectivity index (χ0v) is 14.8. The molecule has 0 fully saturated rings. The monoisotopic (exact) mass is 346 g/mol. The van der Waals surface area contributed by atoms with Gasteiger partial charge in [-0.1, -0.05) is 61.9 Å². The van der Waals surface area contributed by atoms with Crippen LogP contribution in [0.5, 0.6) is 11.6 Å². The van der Waals surface area contributed by atoms with E-state index in [0.717, 1.165) is 18.4 Å². The van der Waals surface area contributed by atoms with E-state index >= 15 is 0 Å². The van der Waals surface area contributed by atoms with Gasteiger partial charge in [-0.05, 0) is 36.2 Å². The Morgan fingerprint density at radius 1 is 1.00 bits per heavy atom. The number of pyridine rings is 1. The van der Waals surface area contributed by atoms with Gasteiger partial charge in [-0.2, -0.15) is 0 Å². The van der Waals surface area contributed by atoms with Gasteiger partial charge in [-0.25, -0.2) is 4.98 Å². The van der Waals surface area contributed by atoms with E-state index < -0.39 is 0 Å². The van der Waals surface area contributed by atoms with Gasteiger partial charge in [0.05, 0.1) is 6.04 Å². The van der Waals surface area contributed by atoms with Gasteiger partial charge >= 0.3 is 0 Å². The summed E-state index contributed by atoms with van der Waals surface area (Å²) >= 11 is 0. The zero-order valence-electron chi connectivity index (χ0n) is 14.8. The molecule has 0 bridgehead atoms. The Bertz CT molecular complexity index is 835. The van der Waals surface area contributed by atoms with Gasteiger partial charge in [0.25, 0.3) is 5.91 Å². The van der Waals surface area contributed by atoms with Gasteiger partial charge in [0.1, 0.15) is 11.3 Å². The summed E-state index contributed by atoms with van der Waals surface area (Å²) in [6.45, 7) is 2.11. The van der Waals surface area contributed by atoms with Crippen molar-refractivity contribution in [2.24, 2.45) is 0 Å². The average molecular weight is 346 g/mol. The predicted octanol–water partition coefficient (Wildman–Crippen LogP) is 5.15. The van der Waals surface area contributed by atoms with E-state index in [9.17, 15) is 4.79 Å². The van der Waals surface area contributed by atoms with E-state index in [4.69, 9.17) is 4.74 Å². The molecule has 4 nitrogen and oxygen atoms in total. The fourth-order valence-electron chi connectivity index (χ4n) is 2.78. The third kappa shape index (κ3) is 4.48. The largest absolute Gasteiger partial charge is 0.438 e. The van der Waals surface area contributed by atoms with Crippen LogP contribution in [0.1, 0.15) is 41.7 Å². The standard InChI is InChI=1S/C22H22N2O2/c1-2-10-20(17-11-5-3-6-12-17)24-21(25)19-15-9-16-23-22(19)26-18-13-7-4-8-14-18/h3-9,11-16,20H,2,10H2,1H3,(H,24,25). The number of carbonyl (C=O) groups is 1. The first-order valence-electron chi connectivity index (χ1n) is 8.81. The Morgan fingerprint density at radius 2 is 1.69 bits per heavy atom. The molecule has 1 amide bonds. The molecule has 3 aromatic rings. The first-order valence-corrected chi connectivity index (χ1v) is 8.81. The lowest BCUT2D eigenvalue weighted by Gasteiger charge is -2.19. The Morgan fingerprint density at radius 3 is 2.38 bits per heavy atom. The maximum Gasteiger partial charge on any atom is 0.257 e. The van der Waals surface area contributed by atoms with Crippen LogP contribution >= 0.6 is 0 Å². The summed E-state index contributed by atoms with van der Waals surface area (Å²) in [6, 6.07) is 22.8. The van der Waals surface area contributed by atoms with Crippen LogP contribution in [0.15, 0.2) is 79.0 Å². The second kappa shape index (κ2) is 8.81. The highest BCUT2D eigenvalue weighted by Gasteiger charge is 2.19. The molecule has 26 heavy (non-hydrogen) atoms. The minimum absolute atomic E-state index is 0.0431. The summed E-state index contributed by atoms with van der Waals surface area (Å²) in [6.07, 6.45) is 3.46. The Balaban J connectivity index is 1.81. The van der Waals surface area contributed by atoms with Crippen molar-refractivity contribution in [3.05, 3.63) is 90.1 Å². The fraction of sp³-hybridized carbons (Fsp3) is 0.182. The topological polar surface area (TPSA) is 51.2 Å². The Hall–Kier alpha value is -3.14. The fourth-order valence-corrected chi connectivity index (χ4v) is 2.78. The number of carbonyl (C=O) groups excluding carboxylic acids is 1. The average Bonchev–Trinajstić information content (AvgIpc) is 2.69. The van der Waals surface area contributed by atoms with E-state index in [2.05, 4.69) is 17.2 Å². The molecule has 0 saturated heterocycles. The van der Waals surface area contributed by atoms with Gasteiger partial charge in [0.2, 0.25) is 5.88 Å². The lowest BCUT2D eigenvalue weighted by Crippen LogP contribution is -2.29. The van der Waals surface area contributed by atoms with E-state index in [0.29, 0.717) is 17.2 Å². The highest BCUT2D eigenvalue weighted by atomic mass is 16.5. The van der Waals surface area contributed by atoms with Gasteiger partial charge in [-0.3, -0.25) is 4.79 Å². The molecule has 2 aromatic carbocycles. The number of rotatable bonds is 7. The van der Waals surface area contributed by atoms with Crippen LogP contribution < -0.4 is 10.1 Å². The summed E-state index contributed by atoms with van der Waals surface area (Å²) in [5, 5.41) is 3.12. The number of nitrogens with one attached hydrogen (secondary N) is 1. The van der Waals surface area contributed by atoms with Crippen molar-refractivity contribution >= 4 is 5.91 Å². The molecule has 1 heterocycles. The molecule has 0 saturated carbocycles. The minimum atomic E-state index is -0.189. The molecule has 1 N–H and O–H groups in total. The van der Waals surface area contributed by atoms with Crippen LogP contribution in [0.4, 0.5) is 0 Å². The van der Waals surface area contributed by atoms with Crippen molar-refractivity contribution in [3.8, 4) is 11.6 Å². The molecule has 1 atom stereocenters. The first kappa shape index (κ1) is 17.7. The molecule has 1 aromatic heterocycles. The van der Waals surface area contributed by atoms with Crippen LogP contribution in [-0.4, -0.2) is 10.9 Å². The summed E-state index contributed by atoms with van der Waals surface area (Å²) in [7, 11) is 0. The van der Waals surface area contributed by atoms with Crippen LogP contribution in [-0.2, 0) is 0 Å². The SMILES string of the molecule is CCCC(NC(=O)c1cccnc1Oc1ccccc1)c1ccccc1. The van der Waals surface area contributed by atoms with Gasteiger partial charge in [0, 0.05) is 6.20 Å². The maximum atomic E-state index is 12.9. The van der Waals surface area contributed by atoms with E-state index in [1.807, 2.05) is 60.7 Å². The number of ether oxygens (including phenoxy) is 1. The van der Waals surface area contributed by atoms with Crippen molar-refractivity contribution in [1.29, 1.82) is 0 Å². The molecular weight excluding hydrogens is 324 g/mol. The molecule has 0 radical (unpaired) electrons. The van der Waals surface area contributed by atoms with Crippen LogP contribution in [0.25, 0.3) is 0 Å².